The van der Waals surface area contributed by atoms with Gasteiger partial charge in [0.1, 0.15) is 22.8 Å². The van der Waals surface area contributed by atoms with Crippen LogP contribution in [0.15, 0.2) is 0 Å². The number of nitrogens with two attached hydrogens (primary N) is 2. The Kier molecular flexibility index (Phi) is 43.8. The number of nitrogens with zero attached hydrogens (tertiary/aromatic N) is 4. The van der Waals surface area contributed by atoms with Gasteiger partial charge in [-0.25, -0.2) is 4.79 Å². The van der Waals surface area contributed by atoms with Crippen LogP contribution in [0.1, 0.15) is 80.1 Å². The van der Waals surface area contributed by atoms with Crippen molar-refractivity contribution in [1.82, 2.24) is 35.6 Å². The molecule has 1 rings (SSSR count). The molecule has 0 radical (unpaired) electrons. The summed E-state index contributed by atoms with van der Waals surface area (Å²) in [6.45, 7) is 23.1. The third-order valence-corrected chi connectivity index (χ3v) is 11.1. The van der Waals surface area contributed by atoms with E-state index in [1.165, 1.54) is 0 Å². The van der Waals surface area contributed by atoms with Gasteiger partial charge in [-0.1, -0.05) is 0 Å². The number of carbonyl (C=O) groups excluding carboxylic acids is 6. The molecule has 78 heavy (non-hydrogen) atoms. The molecule has 3 amide bonds. The predicted molar refractivity (Wildman–Crippen MR) is 294 cm³/mol. The molecule has 0 aromatic heterocycles. The molecule has 456 valence electrons. The van der Waals surface area contributed by atoms with Gasteiger partial charge in [0.05, 0.1) is 112 Å². The summed E-state index contributed by atoms with van der Waals surface area (Å²) in [5.74, 6) is -0.517. The monoisotopic (exact) mass is 1120 g/mol. The molecule has 0 aromatic carbocycles. The number of carbonyl (C=O) groups is 6. The van der Waals surface area contributed by atoms with Gasteiger partial charge in [0.15, 0.2) is 0 Å². The van der Waals surface area contributed by atoms with Crippen molar-refractivity contribution in [3.63, 3.8) is 0 Å². The Morgan fingerprint density at radius 1 is 0.372 bits per heavy atom. The van der Waals surface area contributed by atoms with Crippen LogP contribution in [0.3, 0.4) is 0 Å². The van der Waals surface area contributed by atoms with Crippen LogP contribution >= 0.6 is 0 Å². The van der Waals surface area contributed by atoms with Gasteiger partial charge in [-0.15, -0.1) is 0 Å². The summed E-state index contributed by atoms with van der Waals surface area (Å²) in [6, 6.07) is 0. The molecule has 0 unspecified atom stereocenters. The van der Waals surface area contributed by atoms with E-state index in [0.29, 0.717) is 216 Å². The number of ketones is 2. The molecule has 0 atom stereocenters. The molecule has 0 saturated carbocycles. The number of hydrogen-bond acceptors (Lipinski definition) is 22. The number of amides is 3. The molecule has 1 heterocycles. The minimum Gasteiger partial charge on any atom is -0.460 e. The van der Waals surface area contributed by atoms with E-state index in [1.807, 2.05) is 30.6 Å². The van der Waals surface area contributed by atoms with Crippen LogP contribution in [0.4, 0.5) is 4.79 Å². The van der Waals surface area contributed by atoms with Crippen LogP contribution in [-0.2, 0) is 71.3 Å². The van der Waals surface area contributed by atoms with Gasteiger partial charge in [0.2, 0.25) is 11.8 Å². The molecular formula is C53H103N9O16. The molecule has 0 aromatic rings. The van der Waals surface area contributed by atoms with Gasteiger partial charge in [-0.2, -0.15) is 0 Å². The first-order valence-electron chi connectivity index (χ1n) is 28.1. The zero-order valence-electron chi connectivity index (χ0n) is 48.6. The Hall–Kier alpha value is -3.54. The lowest BCUT2D eigenvalue weighted by molar-refractivity contribution is -0.155. The number of ether oxygens (including phenoxy) is 10. The summed E-state index contributed by atoms with van der Waals surface area (Å²) in [7, 11) is 0. The van der Waals surface area contributed by atoms with Crippen molar-refractivity contribution in [3.8, 4) is 0 Å². The minimum atomic E-state index is -0.580. The average Bonchev–Trinajstić information content (AvgIpc) is 3.36. The van der Waals surface area contributed by atoms with E-state index >= 15 is 0 Å². The second-order valence-corrected chi connectivity index (χ2v) is 20.7. The van der Waals surface area contributed by atoms with Crippen LogP contribution in [0.2, 0.25) is 0 Å². The van der Waals surface area contributed by atoms with Crippen molar-refractivity contribution in [1.29, 1.82) is 0 Å². The van der Waals surface area contributed by atoms with Crippen molar-refractivity contribution < 1.29 is 76.1 Å². The van der Waals surface area contributed by atoms with E-state index in [9.17, 15) is 28.8 Å². The van der Waals surface area contributed by atoms with Gasteiger partial charge in [0, 0.05) is 124 Å². The van der Waals surface area contributed by atoms with E-state index in [4.69, 9.17) is 58.8 Å². The molecule has 25 heteroatoms. The predicted octanol–water partition coefficient (Wildman–Crippen LogP) is -0.164. The molecule has 25 nitrogen and oxygen atoms in total. The first kappa shape index (κ1) is 72.5. The molecule has 1 aliphatic rings. The van der Waals surface area contributed by atoms with E-state index < -0.39 is 17.3 Å². The fraction of sp³-hybridized carbons (Fsp3) is 0.887. The number of hydrogen-bond donors (Lipinski definition) is 5. The standard InChI is InChI=1S/C53H103N9O16/c1-52(2,3)77-50(67)12-9-28-71-36-39-74-31-15-56-48(65)44-61-22-20-59(42-46(63)10-7-26-69-34-37-72-29-13-54)18-19-60(21-23-62(25-24-61)45-49(66)57-16-32-75-41-38-73-30-14-55)43-47(64)11-8-27-70-35-40-76-33-17-58-51(68)78-53(4,5)6/h7-45,54-55H2,1-6H3,(H,56,65)(H,57,66)(H,58,68). The summed E-state index contributed by atoms with van der Waals surface area (Å²) in [6.07, 6.45) is 2.05. The largest absolute Gasteiger partial charge is 0.460 e. The maximum atomic E-state index is 13.5. The second kappa shape index (κ2) is 47.1. The lowest BCUT2D eigenvalue weighted by Gasteiger charge is -2.33. The highest BCUT2D eigenvalue weighted by atomic mass is 16.6. The van der Waals surface area contributed by atoms with E-state index in [1.54, 1.807) is 20.8 Å². The molecule has 1 fully saturated rings. The first-order chi connectivity index (χ1) is 37.4. The zero-order valence-corrected chi connectivity index (χ0v) is 48.6. The Morgan fingerprint density at radius 2 is 0.667 bits per heavy atom. The van der Waals surface area contributed by atoms with Crippen molar-refractivity contribution >= 4 is 35.4 Å². The normalized spacial score (nSPS) is 14.8. The third kappa shape index (κ3) is 47.3. The fourth-order valence-electron chi connectivity index (χ4n) is 7.36. The molecule has 1 aliphatic heterocycles. The van der Waals surface area contributed by atoms with Crippen LogP contribution in [0.5, 0.6) is 0 Å². The molecule has 7 N–H and O–H groups in total. The summed E-state index contributed by atoms with van der Waals surface area (Å²) in [5, 5.41) is 8.53. The fourth-order valence-corrected chi connectivity index (χ4v) is 7.36. The van der Waals surface area contributed by atoms with E-state index in [0.717, 1.165) is 0 Å². The molecule has 0 spiro atoms. The number of rotatable bonds is 45. The maximum Gasteiger partial charge on any atom is 0.407 e. The van der Waals surface area contributed by atoms with Gasteiger partial charge in [-0.05, 0) is 60.8 Å². The lowest BCUT2D eigenvalue weighted by atomic mass is 10.2. The van der Waals surface area contributed by atoms with Crippen molar-refractivity contribution in [2.45, 2.75) is 91.3 Å². The number of nitrogens with one attached hydrogen (secondary N) is 3. The van der Waals surface area contributed by atoms with Crippen molar-refractivity contribution in [2.24, 2.45) is 11.5 Å². The van der Waals surface area contributed by atoms with Gasteiger partial charge >= 0.3 is 12.1 Å². The Morgan fingerprint density at radius 3 is 1.00 bits per heavy atom. The number of esters is 1. The van der Waals surface area contributed by atoms with Crippen LogP contribution in [0, 0.1) is 0 Å². The molecular weight excluding hydrogens is 1020 g/mol. The Labute approximate surface area is 465 Å². The molecule has 0 aliphatic carbocycles. The topological polar surface area (TPSA) is 296 Å². The Balaban J connectivity index is 2.94. The van der Waals surface area contributed by atoms with Gasteiger partial charge < -0.3 is 74.8 Å². The lowest BCUT2D eigenvalue weighted by Crippen LogP contribution is -2.50. The molecule has 0 bridgehead atoms. The quantitative estimate of drug-likeness (QED) is 0.0391. The summed E-state index contributed by atoms with van der Waals surface area (Å²) in [4.78, 5) is 85.6. The van der Waals surface area contributed by atoms with Crippen LogP contribution in [0.25, 0.3) is 0 Å². The van der Waals surface area contributed by atoms with Crippen LogP contribution in [-0.4, -0.2) is 283 Å². The minimum absolute atomic E-state index is 0.0481. The van der Waals surface area contributed by atoms with Gasteiger partial charge in [0.25, 0.3) is 0 Å². The zero-order chi connectivity index (χ0) is 57.5. The SMILES string of the molecule is CC(C)(C)OC(=O)CCCOCCOCCNC(=O)CN1CCN(CC(=O)CCCOCCOCCN)CCN(CC(=O)CCCOCCOCCNC(=O)OC(C)(C)C)CCN(CC(=O)NCCOCCOCCN)CC1. The first-order valence-corrected chi connectivity index (χ1v) is 28.1. The summed E-state index contributed by atoms with van der Waals surface area (Å²) < 4.78 is 55.0. The highest BCUT2D eigenvalue weighted by Gasteiger charge is 2.22. The maximum absolute atomic E-state index is 13.5. The van der Waals surface area contributed by atoms with Crippen molar-refractivity contribution in [2.75, 3.05) is 217 Å². The smallest absolute Gasteiger partial charge is 0.407 e. The van der Waals surface area contributed by atoms with Crippen LogP contribution < -0.4 is 27.4 Å². The average molecular weight is 1120 g/mol. The Bertz CT molecular complexity index is 1450. The van der Waals surface area contributed by atoms with E-state index in [2.05, 4.69) is 25.8 Å². The summed E-state index contributed by atoms with van der Waals surface area (Å²) >= 11 is 0. The number of Topliss-reactive ketones (excluding diaryl/α,β-unsaturated/α-hetero) is 2. The summed E-state index contributed by atoms with van der Waals surface area (Å²) in [5.41, 5.74) is 9.85. The van der Waals surface area contributed by atoms with Gasteiger partial charge in [-0.3, -0.25) is 43.6 Å². The second-order valence-electron chi connectivity index (χ2n) is 20.7. The highest BCUT2D eigenvalue weighted by molar-refractivity contribution is 5.81. The van der Waals surface area contributed by atoms with E-state index in [-0.39, 0.29) is 68.6 Å². The van der Waals surface area contributed by atoms with Crippen molar-refractivity contribution in [3.05, 3.63) is 0 Å². The highest BCUT2D eigenvalue weighted by Crippen LogP contribution is 2.10. The third-order valence-electron chi connectivity index (χ3n) is 11.1. The molecule has 1 saturated heterocycles. The number of alkyl carbamates (subject to hydrolysis) is 1.